The molecule has 2 N–H and O–H groups in total. The number of hydrogen-bond donors (Lipinski definition) is 2. The van der Waals surface area contributed by atoms with Crippen LogP contribution in [0.5, 0.6) is 0 Å². The molecule has 0 fully saturated rings. The summed E-state index contributed by atoms with van der Waals surface area (Å²) in [6.07, 6.45) is 0. The van der Waals surface area contributed by atoms with Crippen LogP contribution in [0.25, 0.3) is 0 Å². The quantitative estimate of drug-likeness (QED) is 0.892. The van der Waals surface area contributed by atoms with Gasteiger partial charge in [0.2, 0.25) is 0 Å². The van der Waals surface area contributed by atoms with Crippen LogP contribution in [0.1, 0.15) is 11.5 Å². The Labute approximate surface area is 109 Å². The van der Waals surface area contributed by atoms with Gasteiger partial charge in [-0.2, -0.15) is 0 Å². The van der Waals surface area contributed by atoms with E-state index in [4.69, 9.17) is 32.7 Å². The molecule has 0 bridgehead atoms. The molecule has 1 aromatic carbocycles. The lowest BCUT2D eigenvalue weighted by atomic mass is 10.3. The number of aliphatic hydroxyl groups excluding tert-OH is 1. The molecule has 90 valence electrons. The normalized spacial score (nSPS) is 10.5. The van der Waals surface area contributed by atoms with E-state index in [1.54, 1.807) is 24.3 Å². The maximum Gasteiger partial charge on any atom is 0.129 e. The molecule has 0 spiro atoms. The predicted octanol–water partition coefficient (Wildman–Crippen LogP) is 3.69. The second-order valence-corrected chi connectivity index (χ2v) is 4.41. The Morgan fingerprint density at radius 1 is 1.06 bits per heavy atom. The van der Waals surface area contributed by atoms with Crippen molar-refractivity contribution < 1.29 is 9.52 Å². The largest absolute Gasteiger partial charge is 0.462 e. The highest BCUT2D eigenvalue weighted by Gasteiger charge is 2.02. The van der Waals surface area contributed by atoms with Crippen LogP contribution in [0, 0.1) is 0 Å². The minimum Gasteiger partial charge on any atom is -0.462 e. The van der Waals surface area contributed by atoms with Crippen LogP contribution in [0.2, 0.25) is 10.0 Å². The van der Waals surface area contributed by atoms with Gasteiger partial charge in [0.15, 0.2) is 0 Å². The second-order valence-electron chi connectivity index (χ2n) is 3.54. The summed E-state index contributed by atoms with van der Waals surface area (Å²) in [5.41, 5.74) is 0.824. The molecule has 0 aliphatic rings. The number of anilines is 1. The average Bonchev–Trinajstić information content (AvgIpc) is 2.73. The van der Waals surface area contributed by atoms with Crippen molar-refractivity contribution in [2.75, 3.05) is 5.32 Å². The Kier molecular flexibility index (Phi) is 3.94. The smallest absolute Gasteiger partial charge is 0.129 e. The molecule has 0 radical (unpaired) electrons. The molecular formula is C12H11Cl2NO2. The number of halogens is 2. The van der Waals surface area contributed by atoms with Gasteiger partial charge in [-0.15, -0.1) is 0 Å². The summed E-state index contributed by atoms with van der Waals surface area (Å²) < 4.78 is 5.34. The fraction of sp³-hybridized carbons (Fsp3) is 0.167. The van der Waals surface area contributed by atoms with E-state index < -0.39 is 0 Å². The molecule has 0 saturated heterocycles. The molecule has 0 aliphatic heterocycles. The monoisotopic (exact) mass is 271 g/mol. The van der Waals surface area contributed by atoms with Crippen LogP contribution in [0.4, 0.5) is 5.69 Å². The highest BCUT2D eigenvalue weighted by Crippen LogP contribution is 2.23. The first kappa shape index (κ1) is 12.3. The van der Waals surface area contributed by atoms with Crippen molar-refractivity contribution in [2.24, 2.45) is 0 Å². The predicted molar refractivity (Wildman–Crippen MR) is 68.4 cm³/mol. The fourth-order valence-electron chi connectivity index (χ4n) is 1.45. The van der Waals surface area contributed by atoms with Gasteiger partial charge in [0.05, 0.1) is 6.54 Å². The van der Waals surface area contributed by atoms with Crippen molar-refractivity contribution in [3.05, 3.63) is 51.9 Å². The van der Waals surface area contributed by atoms with Gasteiger partial charge in [0, 0.05) is 15.7 Å². The van der Waals surface area contributed by atoms with E-state index in [-0.39, 0.29) is 6.61 Å². The molecule has 1 aromatic heterocycles. The van der Waals surface area contributed by atoms with Crippen LogP contribution in [-0.4, -0.2) is 5.11 Å². The van der Waals surface area contributed by atoms with Gasteiger partial charge in [-0.25, -0.2) is 0 Å². The number of aliphatic hydroxyl groups is 1. The van der Waals surface area contributed by atoms with Gasteiger partial charge >= 0.3 is 0 Å². The highest BCUT2D eigenvalue weighted by atomic mass is 35.5. The zero-order valence-electron chi connectivity index (χ0n) is 8.91. The summed E-state index contributed by atoms with van der Waals surface area (Å²) in [5.74, 6) is 1.29. The first-order valence-electron chi connectivity index (χ1n) is 5.06. The summed E-state index contributed by atoms with van der Waals surface area (Å²) in [7, 11) is 0. The molecule has 2 rings (SSSR count). The van der Waals surface area contributed by atoms with E-state index in [1.807, 2.05) is 6.07 Å². The van der Waals surface area contributed by atoms with Crippen molar-refractivity contribution >= 4 is 28.9 Å². The second kappa shape index (κ2) is 5.45. The lowest BCUT2D eigenvalue weighted by molar-refractivity contribution is 0.244. The van der Waals surface area contributed by atoms with Gasteiger partial charge in [0.1, 0.15) is 18.1 Å². The minimum atomic E-state index is -0.0943. The lowest BCUT2D eigenvalue weighted by Gasteiger charge is -2.05. The Morgan fingerprint density at radius 3 is 2.29 bits per heavy atom. The summed E-state index contributed by atoms with van der Waals surface area (Å²) in [6.45, 7) is 0.416. The summed E-state index contributed by atoms with van der Waals surface area (Å²) >= 11 is 11.8. The topological polar surface area (TPSA) is 45.4 Å². The molecule has 0 atom stereocenters. The number of rotatable bonds is 4. The molecule has 2 aromatic rings. The number of hydrogen-bond acceptors (Lipinski definition) is 3. The van der Waals surface area contributed by atoms with Crippen LogP contribution in [0.15, 0.2) is 34.7 Å². The molecule has 0 aliphatic carbocycles. The van der Waals surface area contributed by atoms with Crippen LogP contribution < -0.4 is 5.32 Å². The van der Waals surface area contributed by atoms with E-state index in [0.29, 0.717) is 22.4 Å². The van der Waals surface area contributed by atoms with Crippen molar-refractivity contribution in [3.63, 3.8) is 0 Å². The lowest BCUT2D eigenvalue weighted by Crippen LogP contribution is -1.97. The molecule has 5 heteroatoms. The zero-order chi connectivity index (χ0) is 12.3. The van der Waals surface area contributed by atoms with Crippen molar-refractivity contribution in [2.45, 2.75) is 13.2 Å². The van der Waals surface area contributed by atoms with Gasteiger partial charge in [-0.1, -0.05) is 23.2 Å². The van der Waals surface area contributed by atoms with E-state index in [2.05, 4.69) is 5.32 Å². The SMILES string of the molecule is OCc1ccc(CNc2cc(Cl)cc(Cl)c2)o1. The number of benzene rings is 1. The highest BCUT2D eigenvalue weighted by molar-refractivity contribution is 6.35. The summed E-state index contributed by atoms with van der Waals surface area (Å²) in [6, 6.07) is 8.78. The molecule has 17 heavy (non-hydrogen) atoms. The van der Waals surface area contributed by atoms with Gasteiger partial charge < -0.3 is 14.8 Å². The van der Waals surface area contributed by atoms with Gasteiger partial charge in [-0.05, 0) is 30.3 Å². The van der Waals surface area contributed by atoms with Crippen LogP contribution in [-0.2, 0) is 13.2 Å². The third-order valence-electron chi connectivity index (χ3n) is 2.20. The van der Waals surface area contributed by atoms with Crippen molar-refractivity contribution in [3.8, 4) is 0 Å². The first-order valence-corrected chi connectivity index (χ1v) is 5.81. The molecule has 0 amide bonds. The van der Waals surface area contributed by atoms with Crippen LogP contribution in [0.3, 0.4) is 0 Å². The Balaban J connectivity index is 2.01. The summed E-state index contributed by atoms with van der Waals surface area (Å²) in [4.78, 5) is 0. The Hall–Kier alpha value is -1.16. The van der Waals surface area contributed by atoms with E-state index in [1.165, 1.54) is 0 Å². The fourth-order valence-corrected chi connectivity index (χ4v) is 1.97. The van der Waals surface area contributed by atoms with Gasteiger partial charge in [-0.3, -0.25) is 0 Å². The minimum absolute atomic E-state index is 0.0943. The Morgan fingerprint density at radius 2 is 1.71 bits per heavy atom. The zero-order valence-corrected chi connectivity index (χ0v) is 10.4. The van der Waals surface area contributed by atoms with E-state index in [9.17, 15) is 0 Å². The molecule has 0 unspecified atom stereocenters. The van der Waals surface area contributed by atoms with Crippen LogP contribution >= 0.6 is 23.2 Å². The third kappa shape index (κ3) is 3.40. The molecule has 0 saturated carbocycles. The number of nitrogens with one attached hydrogen (secondary N) is 1. The third-order valence-corrected chi connectivity index (χ3v) is 2.64. The average molecular weight is 272 g/mol. The van der Waals surface area contributed by atoms with E-state index in [0.717, 1.165) is 11.4 Å². The van der Waals surface area contributed by atoms with Crippen molar-refractivity contribution in [1.82, 2.24) is 0 Å². The molecule has 1 heterocycles. The van der Waals surface area contributed by atoms with Gasteiger partial charge in [0.25, 0.3) is 0 Å². The summed E-state index contributed by atoms with van der Waals surface area (Å²) in [5, 5.41) is 13.2. The number of furan rings is 1. The first-order chi connectivity index (χ1) is 8.17. The Bertz CT molecular complexity index is 491. The van der Waals surface area contributed by atoms with E-state index >= 15 is 0 Å². The molecular weight excluding hydrogens is 261 g/mol. The molecule has 3 nitrogen and oxygen atoms in total. The van der Waals surface area contributed by atoms with Crippen molar-refractivity contribution in [1.29, 1.82) is 0 Å². The maximum atomic E-state index is 8.86. The standard InChI is InChI=1S/C12H11Cl2NO2/c13-8-3-9(14)5-10(4-8)15-6-11-1-2-12(7-16)17-11/h1-5,15-16H,6-7H2. The maximum absolute atomic E-state index is 8.86.